The SMILES string of the molecule is Cc1ccc(S(=O)(=O)O[C@@H]2CC[C@@]3(C)[C@@H](CC[C@@H]4[C@H]3C(=O)C[C@]3(C)C(=O)CC[C@H]43)C2)cc1. The summed E-state index contributed by atoms with van der Waals surface area (Å²) in [6.07, 6.45) is 5.66. The molecule has 0 heterocycles. The van der Waals surface area contributed by atoms with Gasteiger partial charge in [-0.2, -0.15) is 8.42 Å². The first-order valence-corrected chi connectivity index (χ1v) is 13.5. The molecular weight excluding hydrogens is 424 g/mol. The molecule has 0 N–H and O–H groups in total. The Labute approximate surface area is 191 Å². The molecule has 7 atom stereocenters. The minimum absolute atomic E-state index is 0.000110. The summed E-state index contributed by atoms with van der Waals surface area (Å²) in [6, 6.07) is 6.77. The monoisotopic (exact) mass is 458 g/mol. The summed E-state index contributed by atoms with van der Waals surface area (Å²) in [5, 5.41) is 0. The molecular formula is C26H34O5S. The number of carbonyl (C=O) groups excluding carboxylic acids is 2. The molecule has 0 spiro atoms. The lowest BCUT2D eigenvalue weighted by atomic mass is 9.45. The van der Waals surface area contributed by atoms with Gasteiger partial charge in [0.05, 0.1) is 11.0 Å². The van der Waals surface area contributed by atoms with E-state index in [9.17, 15) is 18.0 Å². The van der Waals surface area contributed by atoms with Crippen LogP contribution in [0.4, 0.5) is 0 Å². The topological polar surface area (TPSA) is 77.5 Å². The highest BCUT2D eigenvalue weighted by atomic mass is 32.2. The first-order valence-electron chi connectivity index (χ1n) is 12.1. The van der Waals surface area contributed by atoms with Gasteiger partial charge in [-0.05, 0) is 80.8 Å². The first kappa shape index (κ1) is 22.3. The highest BCUT2D eigenvalue weighted by molar-refractivity contribution is 7.86. The van der Waals surface area contributed by atoms with Gasteiger partial charge in [0.2, 0.25) is 0 Å². The second kappa shape index (κ2) is 7.49. The molecule has 4 aliphatic rings. The molecule has 4 fully saturated rings. The fourth-order valence-corrected chi connectivity index (χ4v) is 8.95. The summed E-state index contributed by atoms with van der Waals surface area (Å²) in [4.78, 5) is 26.2. The zero-order valence-corrected chi connectivity index (χ0v) is 20.1. The van der Waals surface area contributed by atoms with E-state index in [4.69, 9.17) is 4.18 Å². The lowest BCUT2D eigenvalue weighted by molar-refractivity contribution is -0.161. The number of hydrogen-bond acceptors (Lipinski definition) is 5. The van der Waals surface area contributed by atoms with Crippen molar-refractivity contribution in [1.29, 1.82) is 0 Å². The van der Waals surface area contributed by atoms with Gasteiger partial charge in [0.15, 0.2) is 0 Å². The number of aryl methyl sites for hydroxylation is 1. The van der Waals surface area contributed by atoms with E-state index < -0.39 is 15.5 Å². The molecule has 0 unspecified atom stereocenters. The Morgan fingerprint density at radius 1 is 1.00 bits per heavy atom. The highest BCUT2D eigenvalue weighted by Crippen LogP contribution is 2.64. The summed E-state index contributed by atoms with van der Waals surface area (Å²) in [5.74, 6) is 1.44. The van der Waals surface area contributed by atoms with Gasteiger partial charge in [0.1, 0.15) is 11.6 Å². The summed E-state index contributed by atoms with van der Waals surface area (Å²) in [7, 11) is -3.80. The van der Waals surface area contributed by atoms with Crippen molar-refractivity contribution in [3.8, 4) is 0 Å². The standard InChI is InChI=1S/C26H34O5S/c1-16-4-7-19(8-5-16)32(29,30)31-18-12-13-25(2)17(14-18)6-9-20-21-10-11-23(28)26(21,3)15-22(27)24(20)25/h4-5,7-8,17-18,20-21,24H,6,9-15H2,1-3H3/t17-,18+,20-,21+,24-,25-,26-/m0/s1. The number of fused-ring (bicyclic) bond motifs is 5. The number of rotatable bonds is 3. The van der Waals surface area contributed by atoms with Crippen LogP contribution in [0.15, 0.2) is 29.2 Å². The van der Waals surface area contributed by atoms with Crippen LogP contribution in [0.25, 0.3) is 0 Å². The predicted molar refractivity (Wildman–Crippen MR) is 120 cm³/mol. The third-order valence-electron chi connectivity index (χ3n) is 9.59. The Kier molecular flexibility index (Phi) is 5.21. The molecule has 5 nitrogen and oxygen atoms in total. The van der Waals surface area contributed by atoms with Gasteiger partial charge in [-0.15, -0.1) is 0 Å². The third kappa shape index (κ3) is 3.32. The molecule has 174 valence electrons. The zero-order valence-electron chi connectivity index (χ0n) is 19.3. The summed E-state index contributed by atoms with van der Waals surface area (Å²) < 4.78 is 31.3. The minimum atomic E-state index is -3.80. The molecule has 0 amide bonds. The Bertz CT molecular complexity index is 1040. The predicted octanol–water partition coefficient (Wildman–Crippen LogP) is 4.86. The molecule has 4 aliphatic carbocycles. The van der Waals surface area contributed by atoms with Crippen molar-refractivity contribution in [1.82, 2.24) is 0 Å². The molecule has 0 radical (unpaired) electrons. The van der Waals surface area contributed by atoms with E-state index in [0.717, 1.165) is 31.2 Å². The van der Waals surface area contributed by atoms with Crippen LogP contribution in [-0.4, -0.2) is 26.1 Å². The van der Waals surface area contributed by atoms with Crippen LogP contribution in [0.2, 0.25) is 0 Å². The van der Waals surface area contributed by atoms with Crippen molar-refractivity contribution >= 4 is 21.7 Å². The number of ketones is 2. The van der Waals surface area contributed by atoms with E-state index in [1.54, 1.807) is 24.3 Å². The summed E-state index contributed by atoms with van der Waals surface area (Å²) >= 11 is 0. The van der Waals surface area contributed by atoms with Gasteiger partial charge < -0.3 is 0 Å². The summed E-state index contributed by atoms with van der Waals surface area (Å²) in [5.41, 5.74) is 0.427. The quantitative estimate of drug-likeness (QED) is 0.605. The lowest BCUT2D eigenvalue weighted by Gasteiger charge is -2.59. The van der Waals surface area contributed by atoms with E-state index >= 15 is 0 Å². The van der Waals surface area contributed by atoms with Crippen molar-refractivity contribution < 1.29 is 22.2 Å². The van der Waals surface area contributed by atoms with Gasteiger partial charge in [-0.3, -0.25) is 13.8 Å². The van der Waals surface area contributed by atoms with Crippen LogP contribution in [0, 0.1) is 41.4 Å². The number of benzene rings is 1. The second-order valence-electron chi connectivity index (χ2n) is 11.3. The van der Waals surface area contributed by atoms with Crippen molar-refractivity contribution in [3.05, 3.63) is 29.8 Å². The third-order valence-corrected chi connectivity index (χ3v) is 11.0. The Morgan fingerprint density at radius 3 is 2.44 bits per heavy atom. The average Bonchev–Trinajstić information content (AvgIpc) is 3.02. The second-order valence-corrected chi connectivity index (χ2v) is 12.9. The maximum Gasteiger partial charge on any atom is 0.297 e. The van der Waals surface area contributed by atoms with Gasteiger partial charge in [0, 0.05) is 24.2 Å². The van der Waals surface area contributed by atoms with Crippen molar-refractivity contribution in [2.45, 2.75) is 83.1 Å². The Morgan fingerprint density at radius 2 is 1.72 bits per heavy atom. The minimum Gasteiger partial charge on any atom is -0.299 e. The van der Waals surface area contributed by atoms with E-state index in [1.165, 1.54) is 0 Å². The van der Waals surface area contributed by atoms with E-state index in [-0.39, 0.29) is 39.8 Å². The fraction of sp³-hybridized carbons (Fsp3) is 0.692. The van der Waals surface area contributed by atoms with Crippen LogP contribution in [0.5, 0.6) is 0 Å². The van der Waals surface area contributed by atoms with E-state index in [2.05, 4.69) is 6.92 Å². The van der Waals surface area contributed by atoms with Crippen LogP contribution in [0.3, 0.4) is 0 Å². The molecule has 6 heteroatoms. The first-order chi connectivity index (χ1) is 15.0. The van der Waals surface area contributed by atoms with Crippen molar-refractivity contribution in [3.63, 3.8) is 0 Å². The normalized spacial score (nSPS) is 41.7. The van der Waals surface area contributed by atoms with Crippen molar-refractivity contribution in [2.24, 2.45) is 34.5 Å². The number of carbonyl (C=O) groups is 2. The number of Topliss-reactive ketones (excluding diaryl/α,β-unsaturated/α-hetero) is 2. The Hall–Kier alpha value is -1.53. The largest absolute Gasteiger partial charge is 0.299 e. The zero-order chi connectivity index (χ0) is 22.9. The van der Waals surface area contributed by atoms with E-state index in [1.807, 2.05) is 13.8 Å². The van der Waals surface area contributed by atoms with Crippen molar-refractivity contribution in [2.75, 3.05) is 0 Å². The van der Waals surface area contributed by atoms with Gasteiger partial charge in [-0.25, -0.2) is 0 Å². The smallest absolute Gasteiger partial charge is 0.297 e. The maximum atomic E-state index is 13.4. The molecule has 1 aromatic rings. The molecule has 0 saturated heterocycles. The van der Waals surface area contributed by atoms with Crippen LogP contribution in [-0.2, 0) is 23.9 Å². The molecule has 0 aliphatic heterocycles. The Balaban J connectivity index is 1.34. The average molecular weight is 459 g/mol. The lowest BCUT2D eigenvalue weighted by Crippen LogP contribution is -2.57. The molecule has 5 rings (SSSR count). The number of hydrogen-bond donors (Lipinski definition) is 0. The van der Waals surface area contributed by atoms with Crippen LogP contribution < -0.4 is 0 Å². The van der Waals surface area contributed by atoms with Crippen LogP contribution >= 0.6 is 0 Å². The summed E-state index contributed by atoms with van der Waals surface area (Å²) in [6.45, 7) is 6.19. The van der Waals surface area contributed by atoms with Crippen LogP contribution in [0.1, 0.15) is 70.8 Å². The molecule has 4 saturated carbocycles. The van der Waals surface area contributed by atoms with Gasteiger partial charge >= 0.3 is 0 Å². The van der Waals surface area contributed by atoms with E-state index in [0.29, 0.717) is 37.5 Å². The molecule has 0 bridgehead atoms. The van der Waals surface area contributed by atoms with Gasteiger partial charge in [-0.1, -0.05) is 31.5 Å². The fourth-order valence-electron chi connectivity index (χ4n) is 7.84. The van der Waals surface area contributed by atoms with Gasteiger partial charge in [0.25, 0.3) is 10.1 Å². The maximum absolute atomic E-state index is 13.4. The molecule has 32 heavy (non-hydrogen) atoms. The molecule has 1 aromatic carbocycles. The highest BCUT2D eigenvalue weighted by Gasteiger charge is 2.63. The molecule has 0 aromatic heterocycles.